The zero-order valence-corrected chi connectivity index (χ0v) is 18.9. The van der Waals surface area contributed by atoms with Crippen LogP contribution in [0.15, 0.2) is 65.8 Å². The minimum atomic E-state index is -0.445. The molecule has 0 saturated carbocycles. The molecule has 0 saturated heterocycles. The number of nitro benzene ring substituents is 1. The van der Waals surface area contributed by atoms with Gasteiger partial charge in [0.15, 0.2) is 6.61 Å². The molecule has 0 bridgehead atoms. The maximum Gasteiger partial charge on any atom is 0.277 e. The normalized spacial score (nSPS) is 11.0. The molecule has 0 radical (unpaired) electrons. The molecule has 1 N–H and O–H groups in total. The summed E-state index contributed by atoms with van der Waals surface area (Å²) in [5, 5.41) is 17.3. The largest absolute Gasteiger partial charge is 0.484 e. The molecule has 8 heteroatoms. The number of anilines is 1. The molecule has 0 unspecified atom stereocenters. The zero-order chi connectivity index (χ0) is 23.6. The lowest BCUT2D eigenvalue weighted by Gasteiger charge is -2.24. The fraction of sp³-hybridized carbons (Fsp3) is 0.280. The number of nitro groups is 1. The van der Waals surface area contributed by atoms with Crippen LogP contribution in [0, 0.1) is 10.1 Å². The molecule has 33 heavy (non-hydrogen) atoms. The molecule has 0 atom stereocenters. The molecule has 0 fully saturated rings. The number of carbonyl (C=O) groups is 1. The Morgan fingerprint density at radius 1 is 1.12 bits per heavy atom. The Morgan fingerprint density at radius 3 is 2.64 bits per heavy atom. The first kappa shape index (κ1) is 23.7. The summed E-state index contributed by atoms with van der Waals surface area (Å²) < 4.78 is 5.57. The summed E-state index contributed by atoms with van der Waals surface area (Å²) in [6.07, 6.45) is 3.48. The van der Waals surface area contributed by atoms with E-state index in [1.165, 1.54) is 18.3 Å². The second kappa shape index (κ2) is 11.6. The van der Waals surface area contributed by atoms with E-state index in [0.29, 0.717) is 11.3 Å². The zero-order valence-electron chi connectivity index (χ0n) is 18.9. The smallest absolute Gasteiger partial charge is 0.277 e. The molecule has 3 aromatic carbocycles. The topological polar surface area (TPSA) is 97.1 Å². The SMILES string of the molecule is CCCCN(CC)c1ccc([N+](=O)[O-])cc1/C=N\NC(=O)COc1ccc2ccccc2c1. The summed E-state index contributed by atoms with van der Waals surface area (Å²) in [6.45, 7) is 5.53. The minimum Gasteiger partial charge on any atom is -0.484 e. The second-order valence-corrected chi connectivity index (χ2v) is 7.52. The van der Waals surface area contributed by atoms with Crippen LogP contribution >= 0.6 is 0 Å². The molecule has 0 heterocycles. The fourth-order valence-corrected chi connectivity index (χ4v) is 3.46. The Kier molecular flexibility index (Phi) is 8.35. The third kappa shape index (κ3) is 6.52. The summed E-state index contributed by atoms with van der Waals surface area (Å²) in [5.74, 6) is 0.160. The average molecular weight is 449 g/mol. The lowest BCUT2D eigenvalue weighted by Crippen LogP contribution is -2.26. The van der Waals surface area contributed by atoms with Crippen molar-refractivity contribution in [2.24, 2.45) is 5.10 Å². The van der Waals surface area contributed by atoms with Gasteiger partial charge in [-0.15, -0.1) is 0 Å². The highest BCUT2D eigenvalue weighted by molar-refractivity contribution is 5.90. The molecule has 172 valence electrons. The number of nitrogens with one attached hydrogen (secondary N) is 1. The Morgan fingerprint density at radius 2 is 1.91 bits per heavy atom. The summed E-state index contributed by atoms with van der Waals surface area (Å²) in [7, 11) is 0. The minimum absolute atomic E-state index is 0.0299. The number of hydrogen-bond acceptors (Lipinski definition) is 6. The lowest BCUT2D eigenvalue weighted by atomic mass is 10.1. The van der Waals surface area contributed by atoms with Crippen molar-refractivity contribution < 1.29 is 14.5 Å². The standard InChI is InChI=1S/C25H28N4O4/c1-3-5-14-28(4-2)24-13-11-22(29(31)32)15-21(24)17-26-27-25(30)18-33-23-12-10-19-8-6-7-9-20(19)16-23/h6-13,15-17H,3-5,14,18H2,1-2H3,(H,27,30)/b26-17-. The predicted octanol–water partition coefficient (Wildman–Crippen LogP) is 4.90. The van der Waals surface area contributed by atoms with Crippen LogP contribution in [0.3, 0.4) is 0 Å². The van der Waals surface area contributed by atoms with Gasteiger partial charge in [-0.1, -0.05) is 43.7 Å². The summed E-state index contributed by atoms with van der Waals surface area (Å²) in [6, 6.07) is 18.2. The van der Waals surface area contributed by atoms with Crippen molar-refractivity contribution in [2.75, 3.05) is 24.6 Å². The number of ether oxygens (including phenoxy) is 1. The van der Waals surface area contributed by atoms with Gasteiger partial charge in [0.25, 0.3) is 11.6 Å². The molecule has 0 aromatic heterocycles. The maximum absolute atomic E-state index is 12.2. The first-order valence-corrected chi connectivity index (χ1v) is 11.0. The number of benzene rings is 3. The Balaban J connectivity index is 1.66. The average Bonchev–Trinajstić information content (AvgIpc) is 2.83. The number of rotatable bonds is 11. The fourth-order valence-electron chi connectivity index (χ4n) is 3.46. The van der Waals surface area contributed by atoms with Crippen LogP contribution in [0.1, 0.15) is 32.3 Å². The van der Waals surface area contributed by atoms with Crippen LogP contribution in [0.5, 0.6) is 5.75 Å². The van der Waals surface area contributed by atoms with Crippen molar-refractivity contribution in [1.29, 1.82) is 0 Å². The summed E-state index contributed by atoms with van der Waals surface area (Å²) in [4.78, 5) is 25.1. The molecule has 3 rings (SSSR count). The summed E-state index contributed by atoms with van der Waals surface area (Å²) >= 11 is 0. The van der Waals surface area contributed by atoms with Crippen molar-refractivity contribution >= 4 is 34.3 Å². The lowest BCUT2D eigenvalue weighted by molar-refractivity contribution is -0.384. The van der Waals surface area contributed by atoms with Gasteiger partial charge in [0, 0.05) is 36.5 Å². The second-order valence-electron chi connectivity index (χ2n) is 7.52. The van der Waals surface area contributed by atoms with Crippen LogP contribution in [0.2, 0.25) is 0 Å². The summed E-state index contributed by atoms with van der Waals surface area (Å²) in [5.41, 5.74) is 3.80. The first-order chi connectivity index (χ1) is 16.0. The Bertz CT molecular complexity index is 1150. The number of unbranched alkanes of at least 4 members (excludes halogenated alkanes) is 1. The Labute approximate surface area is 193 Å². The number of carbonyl (C=O) groups excluding carboxylic acids is 1. The van der Waals surface area contributed by atoms with E-state index in [1.54, 1.807) is 6.07 Å². The van der Waals surface area contributed by atoms with Crippen LogP contribution in [-0.2, 0) is 4.79 Å². The van der Waals surface area contributed by atoms with Gasteiger partial charge < -0.3 is 9.64 Å². The number of fused-ring (bicyclic) bond motifs is 1. The number of non-ortho nitro benzene ring substituents is 1. The van der Waals surface area contributed by atoms with Gasteiger partial charge in [-0.2, -0.15) is 5.10 Å². The van der Waals surface area contributed by atoms with Gasteiger partial charge in [-0.3, -0.25) is 14.9 Å². The Hall–Kier alpha value is -3.94. The molecule has 0 aliphatic carbocycles. The number of amides is 1. The monoisotopic (exact) mass is 448 g/mol. The van der Waals surface area contributed by atoms with Crippen LogP contribution in [0.4, 0.5) is 11.4 Å². The van der Waals surface area contributed by atoms with Crippen molar-refractivity contribution in [2.45, 2.75) is 26.7 Å². The number of nitrogens with zero attached hydrogens (tertiary/aromatic N) is 3. The van der Waals surface area contributed by atoms with Gasteiger partial charge in [-0.25, -0.2) is 5.43 Å². The maximum atomic E-state index is 12.2. The van der Waals surface area contributed by atoms with Crippen molar-refractivity contribution in [3.8, 4) is 5.75 Å². The molecule has 8 nitrogen and oxygen atoms in total. The highest BCUT2D eigenvalue weighted by atomic mass is 16.6. The van der Waals surface area contributed by atoms with Crippen LogP contribution < -0.4 is 15.1 Å². The van der Waals surface area contributed by atoms with Crippen molar-refractivity contribution in [1.82, 2.24) is 5.43 Å². The molecular formula is C25H28N4O4. The van der Waals surface area contributed by atoms with E-state index in [0.717, 1.165) is 42.4 Å². The predicted molar refractivity (Wildman–Crippen MR) is 131 cm³/mol. The quantitative estimate of drug-likeness (QED) is 0.256. The van der Waals surface area contributed by atoms with E-state index in [-0.39, 0.29) is 12.3 Å². The first-order valence-electron chi connectivity index (χ1n) is 11.0. The van der Waals surface area contributed by atoms with Crippen molar-refractivity contribution in [3.05, 3.63) is 76.3 Å². The van der Waals surface area contributed by atoms with E-state index in [4.69, 9.17) is 4.74 Å². The van der Waals surface area contributed by atoms with E-state index < -0.39 is 10.8 Å². The van der Waals surface area contributed by atoms with Gasteiger partial charge in [0.1, 0.15) is 5.75 Å². The third-order valence-corrected chi connectivity index (χ3v) is 5.21. The van der Waals surface area contributed by atoms with Crippen LogP contribution in [-0.4, -0.2) is 36.7 Å². The van der Waals surface area contributed by atoms with E-state index in [9.17, 15) is 14.9 Å². The van der Waals surface area contributed by atoms with Gasteiger partial charge >= 0.3 is 0 Å². The van der Waals surface area contributed by atoms with Gasteiger partial charge in [-0.05, 0) is 42.3 Å². The number of hydrazone groups is 1. The third-order valence-electron chi connectivity index (χ3n) is 5.21. The van der Waals surface area contributed by atoms with Gasteiger partial charge in [0.05, 0.1) is 11.1 Å². The van der Waals surface area contributed by atoms with Crippen molar-refractivity contribution in [3.63, 3.8) is 0 Å². The van der Waals surface area contributed by atoms with E-state index >= 15 is 0 Å². The van der Waals surface area contributed by atoms with E-state index in [2.05, 4.69) is 22.4 Å². The van der Waals surface area contributed by atoms with Gasteiger partial charge in [0.2, 0.25) is 0 Å². The molecule has 3 aromatic rings. The van der Waals surface area contributed by atoms with E-state index in [1.807, 2.05) is 49.4 Å². The number of hydrogen-bond donors (Lipinski definition) is 1. The molecular weight excluding hydrogens is 420 g/mol. The molecule has 0 aliphatic heterocycles. The molecule has 1 amide bonds. The van der Waals surface area contributed by atoms with Crippen LogP contribution in [0.25, 0.3) is 10.8 Å². The highest BCUT2D eigenvalue weighted by Crippen LogP contribution is 2.25. The molecule has 0 aliphatic rings. The highest BCUT2D eigenvalue weighted by Gasteiger charge is 2.14. The molecule has 0 spiro atoms.